The maximum absolute atomic E-state index is 14.0. The molecule has 0 aliphatic carbocycles. The van der Waals surface area contributed by atoms with E-state index in [4.69, 9.17) is 11.6 Å². The number of nitrogens with one attached hydrogen (secondary N) is 3. The lowest BCUT2D eigenvalue weighted by atomic mass is 9.93. The third-order valence-corrected chi connectivity index (χ3v) is 6.15. The van der Waals surface area contributed by atoms with E-state index in [2.05, 4.69) is 20.8 Å². The Bertz CT molecular complexity index is 1550. The molecule has 1 atom stereocenters. The Morgan fingerprint density at radius 2 is 1.78 bits per heavy atom. The smallest absolute Gasteiger partial charge is 0.341 e. The van der Waals surface area contributed by atoms with Crippen LogP contribution in [0.15, 0.2) is 60.8 Å². The van der Waals surface area contributed by atoms with Gasteiger partial charge in [-0.2, -0.15) is 18.3 Å². The first kappa shape index (κ1) is 24.4. The molecule has 1 aliphatic heterocycles. The van der Waals surface area contributed by atoms with Crippen LogP contribution in [0.5, 0.6) is 0 Å². The maximum atomic E-state index is 14.0. The number of amides is 2. The number of halogens is 6. The third-order valence-electron chi connectivity index (χ3n) is 5.81. The molecule has 1 aromatic heterocycles. The number of carbonyl (C=O) groups is 2. The fraction of sp³-hybridized carbons (Fsp3) is 0.0800. The number of alkyl halides is 3. The lowest BCUT2D eigenvalue weighted by Gasteiger charge is -2.19. The molecule has 0 spiro atoms. The molecule has 0 fully saturated rings. The molecule has 188 valence electrons. The van der Waals surface area contributed by atoms with Crippen molar-refractivity contribution in [3.05, 3.63) is 105 Å². The topological polar surface area (TPSA) is 86.9 Å². The van der Waals surface area contributed by atoms with E-state index in [-0.39, 0.29) is 33.5 Å². The number of H-pyrrole nitrogens is 1. The standard InChI is InChI=1S/C25H14ClF5N4O2/c26-18-2-1-14(27)10-16(18)22-21-17(24(37)34-22)7-11(19-3-4-32-35-19)8-20(21)33-23(36)12-5-13(25(29,30)31)9-15(28)6-12/h1-10,22H,(H,32,35)(H,33,36)(H,34,37). The van der Waals surface area contributed by atoms with Gasteiger partial charge in [0.25, 0.3) is 11.8 Å². The van der Waals surface area contributed by atoms with Crippen LogP contribution in [-0.2, 0) is 6.18 Å². The van der Waals surface area contributed by atoms with Gasteiger partial charge in [-0.05, 0) is 54.6 Å². The number of benzene rings is 3. The zero-order valence-corrected chi connectivity index (χ0v) is 19.1. The lowest BCUT2D eigenvalue weighted by Crippen LogP contribution is -2.21. The zero-order valence-electron chi connectivity index (χ0n) is 18.4. The highest BCUT2D eigenvalue weighted by Gasteiger charge is 2.36. The first-order valence-electron chi connectivity index (χ1n) is 10.6. The van der Waals surface area contributed by atoms with Gasteiger partial charge in [0, 0.05) is 44.7 Å². The number of aromatic nitrogens is 2. The largest absolute Gasteiger partial charge is 0.416 e. The van der Waals surface area contributed by atoms with Crippen molar-refractivity contribution in [3.63, 3.8) is 0 Å². The van der Waals surface area contributed by atoms with E-state index >= 15 is 0 Å². The van der Waals surface area contributed by atoms with Crippen molar-refractivity contribution in [1.29, 1.82) is 0 Å². The zero-order chi connectivity index (χ0) is 26.5. The summed E-state index contributed by atoms with van der Waals surface area (Å²) in [5.41, 5.74) is -0.492. The van der Waals surface area contributed by atoms with Gasteiger partial charge >= 0.3 is 6.18 Å². The first-order valence-corrected chi connectivity index (χ1v) is 11.0. The normalized spacial score (nSPS) is 14.9. The molecule has 0 bridgehead atoms. The molecule has 5 rings (SSSR count). The van der Waals surface area contributed by atoms with Crippen molar-refractivity contribution in [1.82, 2.24) is 15.5 Å². The summed E-state index contributed by atoms with van der Waals surface area (Å²) in [4.78, 5) is 25.9. The molecule has 0 saturated carbocycles. The average Bonchev–Trinajstić information content (AvgIpc) is 3.48. The highest BCUT2D eigenvalue weighted by Crippen LogP contribution is 2.41. The number of rotatable bonds is 4. The van der Waals surface area contributed by atoms with Crippen molar-refractivity contribution in [2.75, 3.05) is 5.32 Å². The second-order valence-electron chi connectivity index (χ2n) is 8.21. The quantitative estimate of drug-likeness (QED) is 0.277. The predicted octanol–water partition coefficient (Wildman–Crippen LogP) is 6.11. The number of fused-ring (bicyclic) bond motifs is 1. The molecule has 1 unspecified atom stereocenters. The van der Waals surface area contributed by atoms with Crippen LogP contribution in [0, 0.1) is 11.6 Å². The minimum absolute atomic E-state index is 0.0218. The molecule has 12 heteroatoms. The van der Waals surface area contributed by atoms with E-state index in [1.54, 1.807) is 6.07 Å². The second kappa shape index (κ2) is 9.00. The molecule has 0 saturated heterocycles. The molecule has 37 heavy (non-hydrogen) atoms. The Kier molecular flexibility index (Phi) is 5.95. The molecule has 2 heterocycles. The van der Waals surface area contributed by atoms with E-state index in [9.17, 15) is 31.5 Å². The molecular formula is C25H14ClF5N4O2. The van der Waals surface area contributed by atoms with Gasteiger partial charge in [0.2, 0.25) is 0 Å². The Labute approximate surface area is 210 Å². The number of hydrogen-bond donors (Lipinski definition) is 3. The van der Waals surface area contributed by atoms with Gasteiger partial charge in [0.15, 0.2) is 0 Å². The van der Waals surface area contributed by atoms with Crippen LogP contribution < -0.4 is 10.6 Å². The Morgan fingerprint density at radius 3 is 2.49 bits per heavy atom. The van der Waals surface area contributed by atoms with Crippen LogP contribution in [0.3, 0.4) is 0 Å². The van der Waals surface area contributed by atoms with Crippen molar-refractivity contribution in [2.45, 2.75) is 12.2 Å². The summed E-state index contributed by atoms with van der Waals surface area (Å²) in [6, 6.07) is 8.61. The van der Waals surface area contributed by atoms with Crippen LogP contribution >= 0.6 is 11.6 Å². The molecule has 3 aromatic carbocycles. The van der Waals surface area contributed by atoms with Gasteiger partial charge in [-0.1, -0.05) is 11.6 Å². The number of nitrogens with zero attached hydrogens (tertiary/aromatic N) is 1. The fourth-order valence-corrected chi connectivity index (χ4v) is 4.38. The Morgan fingerprint density at radius 1 is 1.00 bits per heavy atom. The highest BCUT2D eigenvalue weighted by molar-refractivity contribution is 6.31. The van der Waals surface area contributed by atoms with E-state index < -0.39 is 46.8 Å². The number of carbonyl (C=O) groups excluding carboxylic acids is 2. The Hall–Kier alpha value is -4.25. The van der Waals surface area contributed by atoms with E-state index in [1.807, 2.05) is 0 Å². The van der Waals surface area contributed by atoms with E-state index in [1.165, 1.54) is 24.4 Å². The maximum Gasteiger partial charge on any atom is 0.416 e. The van der Waals surface area contributed by atoms with Gasteiger partial charge < -0.3 is 10.6 Å². The SMILES string of the molecule is O=C(Nc1cc(-c2ccn[nH]2)cc2c1C(c1cc(F)ccc1Cl)NC2=O)c1cc(F)cc(C(F)(F)F)c1. The van der Waals surface area contributed by atoms with Gasteiger partial charge in [-0.25, -0.2) is 8.78 Å². The second-order valence-corrected chi connectivity index (χ2v) is 8.62. The van der Waals surface area contributed by atoms with Crippen LogP contribution in [0.25, 0.3) is 11.3 Å². The van der Waals surface area contributed by atoms with Crippen molar-refractivity contribution < 1.29 is 31.5 Å². The Balaban J connectivity index is 1.65. The average molecular weight is 533 g/mol. The molecule has 0 radical (unpaired) electrons. The monoisotopic (exact) mass is 532 g/mol. The number of aromatic amines is 1. The van der Waals surface area contributed by atoms with Gasteiger partial charge in [-0.3, -0.25) is 14.7 Å². The van der Waals surface area contributed by atoms with Crippen molar-refractivity contribution in [2.24, 2.45) is 0 Å². The summed E-state index contributed by atoms with van der Waals surface area (Å²) in [6.07, 6.45) is -3.42. The van der Waals surface area contributed by atoms with Gasteiger partial charge in [-0.15, -0.1) is 0 Å². The predicted molar refractivity (Wildman–Crippen MR) is 124 cm³/mol. The van der Waals surface area contributed by atoms with Crippen LogP contribution in [0.1, 0.15) is 43.4 Å². The molecule has 1 aliphatic rings. The van der Waals surface area contributed by atoms with Gasteiger partial charge in [0.05, 0.1) is 17.3 Å². The number of anilines is 1. The molecule has 2 amide bonds. The number of hydrogen-bond acceptors (Lipinski definition) is 3. The van der Waals surface area contributed by atoms with Gasteiger partial charge in [0.1, 0.15) is 11.6 Å². The molecule has 3 N–H and O–H groups in total. The molecule has 4 aromatic rings. The summed E-state index contributed by atoms with van der Waals surface area (Å²) in [7, 11) is 0. The minimum atomic E-state index is -4.88. The summed E-state index contributed by atoms with van der Waals surface area (Å²) < 4.78 is 67.5. The van der Waals surface area contributed by atoms with Crippen molar-refractivity contribution in [3.8, 4) is 11.3 Å². The highest BCUT2D eigenvalue weighted by atomic mass is 35.5. The molecule has 6 nitrogen and oxygen atoms in total. The summed E-state index contributed by atoms with van der Waals surface area (Å²) in [5, 5.41) is 11.9. The summed E-state index contributed by atoms with van der Waals surface area (Å²) in [6.45, 7) is 0. The van der Waals surface area contributed by atoms with Crippen molar-refractivity contribution >= 4 is 29.1 Å². The van der Waals surface area contributed by atoms with E-state index in [0.717, 1.165) is 12.1 Å². The minimum Gasteiger partial charge on any atom is -0.341 e. The lowest BCUT2D eigenvalue weighted by molar-refractivity contribution is -0.137. The first-order chi connectivity index (χ1) is 17.5. The van der Waals surface area contributed by atoms with Crippen LogP contribution in [0.2, 0.25) is 5.02 Å². The van der Waals surface area contributed by atoms with E-state index in [0.29, 0.717) is 23.4 Å². The van der Waals surface area contributed by atoms with Crippen LogP contribution in [0.4, 0.5) is 27.6 Å². The fourth-order valence-electron chi connectivity index (χ4n) is 4.16. The molecular weight excluding hydrogens is 519 g/mol. The third kappa shape index (κ3) is 4.65. The summed E-state index contributed by atoms with van der Waals surface area (Å²) >= 11 is 6.27. The van der Waals surface area contributed by atoms with Crippen LogP contribution in [-0.4, -0.2) is 22.0 Å². The summed E-state index contributed by atoms with van der Waals surface area (Å²) in [5.74, 6) is -3.49.